The molecule has 0 atom stereocenters. The van der Waals surface area contributed by atoms with Gasteiger partial charge in [-0.05, 0) is 24.3 Å². The van der Waals surface area contributed by atoms with Gasteiger partial charge in [0.2, 0.25) is 5.88 Å². The van der Waals surface area contributed by atoms with E-state index in [1.165, 1.54) is 24.8 Å². The highest BCUT2D eigenvalue weighted by atomic mass is 16.5. The number of amides is 1. The minimum absolute atomic E-state index is 0.237. The highest BCUT2D eigenvalue weighted by molar-refractivity contribution is 6.06. The molecule has 0 aliphatic carbocycles. The quantitative estimate of drug-likeness (QED) is 0.748. The van der Waals surface area contributed by atoms with Crippen molar-refractivity contribution in [2.75, 3.05) is 19.5 Å². The summed E-state index contributed by atoms with van der Waals surface area (Å²) in [6.45, 7) is 0. The monoisotopic (exact) mass is 341 g/mol. The van der Waals surface area contributed by atoms with E-state index >= 15 is 0 Å². The summed E-state index contributed by atoms with van der Waals surface area (Å²) in [5.74, 6) is -0.577. The lowest BCUT2D eigenvalue weighted by Gasteiger charge is -2.12. The number of ether oxygens (including phenoxy) is 2. The molecular formula is C17H15N3O5. The lowest BCUT2D eigenvalue weighted by molar-refractivity contribution is 0.102. The summed E-state index contributed by atoms with van der Waals surface area (Å²) < 4.78 is 11.5. The molecule has 0 saturated carbocycles. The lowest BCUT2D eigenvalue weighted by Crippen LogP contribution is -2.27. The van der Waals surface area contributed by atoms with E-state index in [0.717, 1.165) is 0 Å². The Kier molecular flexibility index (Phi) is 4.25. The summed E-state index contributed by atoms with van der Waals surface area (Å²) in [5.41, 5.74) is -0.611. The SMILES string of the molecule is COc1ccc(OC)c(NC(=O)c2c(O)nc3ccccn3c2=O)c1. The van der Waals surface area contributed by atoms with Crippen LogP contribution in [0.25, 0.3) is 5.65 Å². The second-order valence-corrected chi connectivity index (χ2v) is 5.06. The molecule has 1 aromatic carbocycles. The van der Waals surface area contributed by atoms with Gasteiger partial charge in [-0.1, -0.05) is 6.07 Å². The number of methoxy groups -OCH3 is 2. The molecule has 2 heterocycles. The van der Waals surface area contributed by atoms with Crippen molar-refractivity contribution >= 4 is 17.2 Å². The molecule has 0 radical (unpaired) electrons. The molecular weight excluding hydrogens is 326 g/mol. The van der Waals surface area contributed by atoms with Crippen LogP contribution in [0.3, 0.4) is 0 Å². The number of hydrogen-bond acceptors (Lipinski definition) is 6. The van der Waals surface area contributed by atoms with Gasteiger partial charge in [0.05, 0.1) is 19.9 Å². The van der Waals surface area contributed by atoms with Crippen molar-refractivity contribution in [3.05, 3.63) is 58.5 Å². The Morgan fingerprint density at radius 2 is 2.00 bits per heavy atom. The zero-order valence-corrected chi connectivity index (χ0v) is 13.5. The molecule has 0 saturated heterocycles. The van der Waals surface area contributed by atoms with Crippen molar-refractivity contribution in [2.24, 2.45) is 0 Å². The molecule has 0 bridgehead atoms. The van der Waals surface area contributed by atoms with Gasteiger partial charge in [0.25, 0.3) is 11.5 Å². The second-order valence-electron chi connectivity index (χ2n) is 5.06. The summed E-state index contributed by atoms with van der Waals surface area (Å²) in [6, 6.07) is 9.66. The summed E-state index contributed by atoms with van der Waals surface area (Å²) in [5, 5.41) is 12.6. The molecule has 0 spiro atoms. The molecule has 128 valence electrons. The molecule has 2 N–H and O–H groups in total. The van der Waals surface area contributed by atoms with Crippen LogP contribution in [0.5, 0.6) is 17.4 Å². The Balaban J connectivity index is 2.05. The predicted octanol–water partition coefficient (Wildman–Crippen LogP) is 1.67. The fraction of sp³-hybridized carbons (Fsp3) is 0.118. The number of hydrogen-bond donors (Lipinski definition) is 2. The van der Waals surface area contributed by atoms with Gasteiger partial charge in [-0.25, -0.2) is 0 Å². The maximum absolute atomic E-state index is 12.5. The van der Waals surface area contributed by atoms with Gasteiger partial charge in [-0.2, -0.15) is 4.98 Å². The van der Waals surface area contributed by atoms with Crippen molar-refractivity contribution in [3.8, 4) is 17.4 Å². The lowest BCUT2D eigenvalue weighted by atomic mass is 10.2. The van der Waals surface area contributed by atoms with E-state index in [-0.39, 0.29) is 5.65 Å². The minimum Gasteiger partial charge on any atom is -0.497 e. The number of anilines is 1. The van der Waals surface area contributed by atoms with Crippen LogP contribution in [0.15, 0.2) is 47.4 Å². The van der Waals surface area contributed by atoms with Gasteiger partial charge in [0.1, 0.15) is 17.1 Å². The summed E-state index contributed by atoms with van der Waals surface area (Å²) in [7, 11) is 2.93. The third kappa shape index (κ3) is 2.97. The Hall–Kier alpha value is -3.55. The van der Waals surface area contributed by atoms with Gasteiger partial charge in [-0.15, -0.1) is 0 Å². The van der Waals surface area contributed by atoms with Gasteiger partial charge in [-0.3, -0.25) is 14.0 Å². The van der Waals surface area contributed by atoms with Crippen LogP contribution < -0.4 is 20.3 Å². The van der Waals surface area contributed by atoms with Gasteiger partial charge in [0.15, 0.2) is 5.56 Å². The van der Waals surface area contributed by atoms with Crippen molar-refractivity contribution in [1.29, 1.82) is 0 Å². The number of aromatic nitrogens is 2. The molecule has 3 rings (SSSR count). The Bertz CT molecular complexity index is 1010. The number of carbonyl (C=O) groups is 1. The molecule has 0 fully saturated rings. The van der Waals surface area contributed by atoms with Crippen molar-refractivity contribution in [1.82, 2.24) is 9.38 Å². The number of fused-ring (bicyclic) bond motifs is 1. The Morgan fingerprint density at radius 3 is 2.72 bits per heavy atom. The molecule has 2 aromatic heterocycles. The van der Waals surface area contributed by atoms with Crippen molar-refractivity contribution in [3.63, 3.8) is 0 Å². The molecule has 25 heavy (non-hydrogen) atoms. The summed E-state index contributed by atoms with van der Waals surface area (Å²) in [6.07, 6.45) is 1.47. The van der Waals surface area contributed by atoms with Gasteiger partial charge >= 0.3 is 0 Å². The summed E-state index contributed by atoms with van der Waals surface area (Å²) >= 11 is 0. The third-order valence-corrected chi connectivity index (χ3v) is 3.60. The zero-order valence-electron chi connectivity index (χ0n) is 13.5. The maximum atomic E-state index is 12.5. The number of carbonyl (C=O) groups excluding carboxylic acids is 1. The Morgan fingerprint density at radius 1 is 1.20 bits per heavy atom. The standard InChI is InChI=1S/C17H15N3O5/c1-24-10-6-7-12(25-2)11(9-10)18-15(21)14-16(22)19-13-5-3-4-8-20(13)17(14)23/h3-9,22H,1-2H3,(H,18,21). The average molecular weight is 341 g/mol. The molecule has 3 aromatic rings. The van der Waals surface area contributed by atoms with Crippen LogP contribution in [0, 0.1) is 0 Å². The number of nitrogens with one attached hydrogen (secondary N) is 1. The zero-order chi connectivity index (χ0) is 18.0. The highest BCUT2D eigenvalue weighted by Gasteiger charge is 2.21. The van der Waals surface area contributed by atoms with Crippen LogP contribution in [-0.2, 0) is 0 Å². The Labute approximate surface area is 142 Å². The fourth-order valence-electron chi connectivity index (χ4n) is 2.37. The first kappa shape index (κ1) is 16.3. The van der Waals surface area contributed by atoms with E-state index in [2.05, 4.69) is 10.3 Å². The molecule has 0 aliphatic heterocycles. The van der Waals surface area contributed by atoms with Crippen LogP contribution in [-0.4, -0.2) is 34.6 Å². The van der Waals surface area contributed by atoms with E-state index in [1.807, 2.05) is 0 Å². The summed E-state index contributed by atoms with van der Waals surface area (Å²) in [4.78, 5) is 28.9. The normalized spacial score (nSPS) is 10.5. The molecule has 0 aliphatic rings. The van der Waals surface area contributed by atoms with Crippen LogP contribution in [0.2, 0.25) is 0 Å². The van der Waals surface area contributed by atoms with E-state index in [9.17, 15) is 14.7 Å². The van der Waals surface area contributed by atoms with Crippen LogP contribution >= 0.6 is 0 Å². The number of aromatic hydroxyl groups is 1. The van der Waals surface area contributed by atoms with Crippen LogP contribution in [0.1, 0.15) is 10.4 Å². The highest BCUT2D eigenvalue weighted by Crippen LogP contribution is 2.29. The number of rotatable bonds is 4. The topological polar surface area (TPSA) is 102 Å². The van der Waals surface area contributed by atoms with E-state index in [0.29, 0.717) is 17.2 Å². The van der Waals surface area contributed by atoms with E-state index in [4.69, 9.17) is 9.47 Å². The minimum atomic E-state index is -0.806. The predicted molar refractivity (Wildman–Crippen MR) is 90.6 cm³/mol. The average Bonchev–Trinajstić information content (AvgIpc) is 2.61. The van der Waals surface area contributed by atoms with Crippen molar-refractivity contribution < 1.29 is 19.4 Å². The number of pyridine rings is 1. The second kappa shape index (κ2) is 6.52. The van der Waals surface area contributed by atoms with Crippen LogP contribution in [0.4, 0.5) is 5.69 Å². The molecule has 8 heteroatoms. The first-order valence-corrected chi connectivity index (χ1v) is 7.29. The van der Waals surface area contributed by atoms with Gasteiger partial charge in [0, 0.05) is 12.3 Å². The number of nitrogens with zero attached hydrogens (tertiary/aromatic N) is 2. The molecule has 1 amide bonds. The van der Waals surface area contributed by atoms with E-state index < -0.39 is 22.9 Å². The first-order valence-electron chi connectivity index (χ1n) is 7.29. The molecule has 0 unspecified atom stereocenters. The number of benzene rings is 1. The van der Waals surface area contributed by atoms with Gasteiger partial charge < -0.3 is 19.9 Å². The fourth-order valence-corrected chi connectivity index (χ4v) is 2.37. The molecule has 8 nitrogen and oxygen atoms in total. The smallest absolute Gasteiger partial charge is 0.274 e. The van der Waals surface area contributed by atoms with Crippen molar-refractivity contribution in [2.45, 2.75) is 0 Å². The third-order valence-electron chi connectivity index (χ3n) is 3.60. The van der Waals surface area contributed by atoms with E-state index in [1.54, 1.807) is 36.4 Å². The maximum Gasteiger partial charge on any atom is 0.274 e. The first-order chi connectivity index (χ1) is 12.0. The largest absolute Gasteiger partial charge is 0.497 e.